The maximum atomic E-state index is 11.9. The Hall–Kier alpha value is -2.57. The maximum Gasteiger partial charge on any atom is 0.348 e. The Bertz CT molecular complexity index is 594. The summed E-state index contributed by atoms with van der Waals surface area (Å²) in [5, 5.41) is 9.18. The van der Waals surface area contributed by atoms with Crippen LogP contribution in [0.4, 0.5) is 0 Å². The Balaban J connectivity index is 2.48. The van der Waals surface area contributed by atoms with E-state index >= 15 is 0 Å². The predicted octanol–water partition coefficient (Wildman–Crippen LogP) is 2.46. The molecule has 0 saturated carbocycles. The largest absolute Gasteiger partial charge is 0.508 e. The fourth-order valence-corrected chi connectivity index (χ4v) is 1.65. The Morgan fingerprint density at radius 2 is 1.52 bits per heavy atom. The van der Waals surface area contributed by atoms with E-state index in [1.54, 1.807) is 0 Å². The first kappa shape index (κ1) is 20.5. The highest BCUT2D eigenvalue weighted by molar-refractivity contribution is 5.91. The van der Waals surface area contributed by atoms with Crippen LogP contribution < -0.4 is 0 Å². The standard InChI is InChI=1S/C18H24O7/c1-5-11(2)10-23-16(20)12(3)24-17(21)13(4)25-18(22)14-6-8-15(19)9-7-14/h6-9,11-13,19H,5,10H2,1-4H3/t11-,12-,13-/m0/s1. The number of benzene rings is 1. The van der Waals surface area contributed by atoms with Crippen molar-refractivity contribution in [2.45, 2.75) is 46.3 Å². The molecule has 0 unspecified atom stereocenters. The summed E-state index contributed by atoms with van der Waals surface area (Å²) in [5.41, 5.74) is 0.179. The lowest BCUT2D eigenvalue weighted by atomic mass is 10.1. The van der Waals surface area contributed by atoms with Crippen molar-refractivity contribution in [3.05, 3.63) is 29.8 Å². The van der Waals surface area contributed by atoms with Gasteiger partial charge in [-0.1, -0.05) is 20.3 Å². The molecule has 0 saturated heterocycles. The molecular formula is C18H24O7. The highest BCUT2D eigenvalue weighted by Crippen LogP contribution is 2.12. The number of ether oxygens (including phenoxy) is 3. The van der Waals surface area contributed by atoms with Crippen LogP contribution in [0.25, 0.3) is 0 Å². The van der Waals surface area contributed by atoms with Gasteiger partial charge in [-0.3, -0.25) is 0 Å². The number of aromatic hydroxyl groups is 1. The summed E-state index contributed by atoms with van der Waals surface area (Å²) in [4.78, 5) is 35.6. The summed E-state index contributed by atoms with van der Waals surface area (Å²) in [6.07, 6.45) is -1.41. The lowest BCUT2D eigenvalue weighted by molar-refractivity contribution is -0.172. The van der Waals surface area contributed by atoms with E-state index in [1.165, 1.54) is 38.1 Å². The van der Waals surface area contributed by atoms with Gasteiger partial charge in [0.1, 0.15) is 5.75 Å². The molecule has 0 aliphatic heterocycles. The van der Waals surface area contributed by atoms with Crippen LogP contribution in [0, 0.1) is 5.92 Å². The first-order chi connectivity index (χ1) is 11.7. The van der Waals surface area contributed by atoms with Gasteiger partial charge >= 0.3 is 17.9 Å². The van der Waals surface area contributed by atoms with Crippen molar-refractivity contribution in [3.8, 4) is 5.75 Å². The molecule has 0 amide bonds. The predicted molar refractivity (Wildman–Crippen MR) is 89.0 cm³/mol. The molecule has 0 aromatic heterocycles. The third-order valence-electron chi connectivity index (χ3n) is 3.55. The quantitative estimate of drug-likeness (QED) is 0.567. The molecule has 0 bridgehead atoms. The van der Waals surface area contributed by atoms with Gasteiger partial charge in [-0.2, -0.15) is 0 Å². The second-order valence-electron chi connectivity index (χ2n) is 5.82. The molecule has 3 atom stereocenters. The first-order valence-corrected chi connectivity index (χ1v) is 8.11. The number of esters is 3. The zero-order valence-corrected chi connectivity index (χ0v) is 14.9. The first-order valence-electron chi connectivity index (χ1n) is 8.11. The summed E-state index contributed by atoms with van der Waals surface area (Å²) < 4.78 is 15.0. The molecular weight excluding hydrogens is 328 g/mol. The minimum Gasteiger partial charge on any atom is -0.508 e. The molecule has 25 heavy (non-hydrogen) atoms. The van der Waals surface area contributed by atoms with Gasteiger partial charge in [0.2, 0.25) is 0 Å². The van der Waals surface area contributed by atoms with E-state index in [9.17, 15) is 19.5 Å². The molecule has 1 N–H and O–H groups in total. The minimum absolute atomic E-state index is 0.00809. The van der Waals surface area contributed by atoms with Crippen LogP contribution in [0.2, 0.25) is 0 Å². The smallest absolute Gasteiger partial charge is 0.348 e. The van der Waals surface area contributed by atoms with Crippen molar-refractivity contribution in [1.29, 1.82) is 0 Å². The minimum atomic E-state index is -1.19. The molecule has 1 rings (SSSR count). The normalized spacial score (nSPS) is 14.1. The van der Waals surface area contributed by atoms with Crippen LogP contribution in [-0.4, -0.2) is 41.8 Å². The number of phenols is 1. The van der Waals surface area contributed by atoms with Gasteiger partial charge in [0, 0.05) is 0 Å². The van der Waals surface area contributed by atoms with Crippen LogP contribution >= 0.6 is 0 Å². The summed E-state index contributed by atoms with van der Waals surface area (Å²) in [5.74, 6) is -2.01. The second-order valence-corrected chi connectivity index (χ2v) is 5.82. The lowest BCUT2D eigenvalue weighted by Gasteiger charge is -2.17. The Morgan fingerprint density at radius 1 is 0.960 bits per heavy atom. The number of carbonyl (C=O) groups is 3. The van der Waals surface area contributed by atoms with Gasteiger partial charge in [-0.25, -0.2) is 14.4 Å². The van der Waals surface area contributed by atoms with E-state index in [2.05, 4.69) is 0 Å². The third kappa shape index (κ3) is 6.82. The zero-order valence-electron chi connectivity index (χ0n) is 14.9. The number of hydrogen-bond acceptors (Lipinski definition) is 7. The van der Waals surface area contributed by atoms with Gasteiger partial charge in [-0.05, 0) is 44.0 Å². The Kier molecular flexibility index (Phi) is 7.91. The van der Waals surface area contributed by atoms with E-state index in [-0.39, 0.29) is 23.8 Å². The van der Waals surface area contributed by atoms with E-state index in [4.69, 9.17) is 14.2 Å². The van der Waals surface area contributed by atoms with E-state index in [0.717, 1.165) is 6.42 Å². The number of rotatable bonds is 8. The fraction of sp³-hybridized carbons (Fsp3) is 0.500. The molecule has 7 nitrogen and oxygen atoms in total. The van der Waals surface area contributed by atoms with Gasteiger partial charge in [0.15, 0.2) is 12.2 Å². The summed E-state index contributed by atoms with van der Waals surface area (Å²) in [6, 6.07) is 5.39. The topological polar surface area (TPSA) is 99.1 Å². The van der Waals surface area contributed by atoms with Gasteiger partial charge in [0.25, 0.3) is 0 Å². The molecule has 7 heteroatoms. The number of phenolic OH excluding ortho intramolecular Hbond substituents is 1. The monoisotopic (exact) mass is 352 g/mol. The van der Waals surface area contributed by atoms with Crippen LogP contribution in [0.15, 0.2) is 24.3 Å². The van der Waals surface area contributed by atoms with E-state index in [0.29, 0.717) is 0 Å². The third-order valence-corrected chi connectivity index (χ3v) is 3.55. The molecule has 138 valence electrons. The maximum absolute atomic E-state index is 11.9. The lowest BCUT2D eigenvalue weighted by Crippen LogP contribution is -2.33. The summed E-state index contributed by atoms with van der Waals surface area (Å²) in [6.45, 7) is 6.91. The van der Waals surface area contributed by atoms with Crippen molar-refractivity contribution in [1.82, 2.24) is 0 Å². The van der Waals surface area contributed by atoms with Gasteiger partial charge in [-0.15, -0.1) is 0 Å². The average Bonchev–Trinajstić information content (AvgIpc) is 2.59. The second kappa shape index (κ2) is 9.66. The molecule has 1 aromatic rings. The van der Waals surface area contributed by atoms with Crippen molar-refractivity contribution in [3.63, 3.8) is 0 Å². The number of carbonyl (C=O) groups excluding carboxylic acids is 3. The molecule has 0 aliphatic rings. The van der Waals surface area contributed by atoms with Crippen molar-refractivity contribution in [2.24, 2.45) is 5.92 Å². The average molecular weight is 352 g/mol. The SMILES string of the molecule is CC[C@H](C)COC(=O)[C@H](C)OC(=O)[C@H](C)OC(=O)c1ccc(O)cc1. The molecule has 0 aliphatic carbocycles. The van der Waals surface area contributed by atoms with Crippen LogP contribution in [0.5, 0.6) is 5.75 Å². The van der Waals surface area contributed by atoms with E-state index in [1.807, 2.05) is 13.8 Å². The van der Waals surface area contributed by atoms with E-state index < -0.39 is 30.1 Å². The van der Waals surface area contributed by atoms with Crippen molar-refractivity contribution >= 4 is 17.9 Å². The van der Waals surface area contributed by atoms with Crippen molar-refractivity contribution < 1.29 is 33.7 Å². The molecule has 0 spiro atoms. The van der Waals surface area contributed by atoms with Crippen LogP contribution in [-0.2, 0) is 23.8 Å². The van der Waals surface area contributed by atoms with Gasteiger partial charge < -0.3 is 19.3 Å². The molecule has 0 fully saturated rings. The molecule has 0 radical (unpaired) electrons. The highest BCUT2D eigenvalue weighted by Gasteiger charge is 2.26. The summed E-state index contributed by atoms with van der Waals surface area (Å²) >= 11 is 0. The van der Waals surface area contributed by atoms with Gasteiger partial charge in [0.05, 0.1) is 12.2 Å². The van der Waals surface area contributed by atoms with Crippen molar-refractivity contribution in [2.75, 3.05) is 6.61 Å². The van der Waals surface area contributed by atoms with Crippen LogP contribution in [0.3, 0.4) is 0 Å². The highest BCUT2D eigenvalue weighted by atomic mass is 16.6. The fourth-order valence-electron chi connectivity index (χ4n) is 1.65. The molecule has 0 heterocycles. The Labute approximate surface area is 146 Å². The van der Waals surface area contributed by atoms with Crippen LogP contribution in [0.1, 0.15) is 44.5 Å². The summed E-state index contributed by atoms with van der Waals surface area (Å²) in [7, 11) is 0. The Morgan fingerprint density at radius 3 is 2.08 bits per heavy atom. The zero-order chi connectivity index (χ0) is 19.0. The molecule has 1 aromatic carbocycles. The number of hydrogen-bond donors (Lipinski definition) is 1.